The first-order valence-corrected chi connectivity index (χ1v) is 3.96. The van der Waals surface area contributed by atoms with E-state index < -0.39 is 29.4 Å². The van der Waals surface area contributed by atoms with Gasteiger partial charge in [0.05, 0.1) is 6.61 Å². The van der Waals surface area contributed by atoms with Gasteiger partial charge in [-0.2, -0.15) is 22.0 Å². The Hall–Kier alpha value is -0.240. The van der Waals surface area contributed by atoms with E-state index in [1.807, 2.05) is 0 Å². The molecule has 0 radical (unpaired) electrons. The first-order chi connectivity index (χ1) is 6.06. The van der Waals surface area contributed by atoms with Gasteiger partial charge in [0.1, 0.15) is 0 Å². The Kier molecular flexibility index (Phi) is 4.02. The van der Waals surface area contributed by atoms with Crippen molar-refractivity contribution < 1.29 is 31.4 Å². The van der Waals surface area contributed by atoms with Crippen LogP contribution in [-0.4, -0.2) is 28.4 Å². The van der Waals surface area contributed by atoms with Crippen LogP contribution in [0.2, 0.25) is 0 Å². The minimum atomic E-state index is -5.77. The molecule has 0 aromatic heterocycles. The molecule has 0 saturated heterocycles. The van der Waals surface area contributed by atoms with Gasteiger partial charge in [0, 0.05) is 0 Å². The second-order valence-electron chi connectivity index (χ2n) is 2.29. The minimum Gasteiger partial charge on any atom is -0.392 e. The smallest absolute Gasteiger partial charge is 0.392 e. The van der Waals surface area contributed by atoms with Crippen LogP contribution < -0.4 is 0 Å². The van der Waals surface area contributed by atoms with Crippen molar-refractivity contribution in [3.63, 3.8) is 0 Å². The summed E-state index contributed by atoms with van der Waals surface area (Å²) in [5, 5.41) is 8.08. The lowest BCUT2D eigenvalue weighted by atomic mass is 10.1. The highest BCUT2D eigenvalue weighted by Gasteiger charge is 2.68. The minimum absolute atomic E-state index is 0.253. The number of aliphatic hydroxyl groups excluding tert-OH is 1. The molecule has 8 heteroatoms. The molecule has 0 spiro atoms. The summed E-state index contributed by atoms with van der Waals surface area (Å²) in [5.74, 6) is 0. The molecule has 1 atom stereocenters. The summed E-state index contributed by atoms with van der Waals surface area (Å²) in [5.41, 5.74) is -4.83. The first-order valence-electron chi connectivity index (χ1n) is 3.17. The molecule has 0 aliphatic heterocycles. The molecule has 0 aliphatic carbocycles. The summed E-state index contributed by atoms with van der Waals surface area (Å²) >= 11 is 1.31. The number of halogens is 7. The maximum absolute atomic E-state index is 12.9. The Morgan fingerprint density at radius 2 is 1.50 bits per heavy atom. The summed E-state index contributed by atoms with van der Waals surface area (Å²) in [6, 6.07) is 0. The molecular formula is C6H5BrF6O. The summed E-state index contributed by atoms with van der Waals surface area (Å²) in [6.07, 6.45) is -5.95. The molecule has 14 heavy (non-hydrogen) atoms. The zero-order valence-electron chi connectivity index (χ0n) is 6.45. The topological polar surface area (TPSA) is 20.2 Å². The molecule has 0 saturated carbocycles. The van der Waals surface area contributed by atoms with Crippen LogP contribution in [0, 0.1) is 0 Å². The lowest BCUT2D eigenvalue weighted by Crippen LogP contribution is -2.50. The summed E-state index contributed by atoms with van der Waals surface area (Å²) < 4.78 is 73.1. The fourth-order valence-corrected chi connectivity index (χ4v) is 0.922. The van der Waals surface area contributed by atoms with Gasteiger partial charge in [-0.05, 0) is 22.0 Å². The molecule has 0 aromatic carbocycles. The SMILES string of the molecule is OCC=CC(F)(C(F)(F)F)C(F)(F)Br. The number of hydrogen-bond acceptors (Lipinski definition) is 1. The molecule has 1 unspecified atom stereocenters. The molecule has 0 rings (SSSR count). The van der Waals surface area contributed by atoms with E-state index in [9.17, 15) is 26.3 Å². The zero-order chi connectivity index (χ0) is 11.6. The van der Waals surface area contributed by atoms with Crippen LogP contribution in [0.5, 0.6) is 0 Å². The van der Waals surface area contributed by atoms with E-state index in [-0.39, 0.29) is 6.08 Å². The van der Waals surface area contributed by atoms with E-state index in [0.29, 0.717) is 0 Å². The van der Waals surface area contributed by atoms with Gasteiger partial charge in [-0.1, -0.05) is 6.08 Å². The van der Waals surface area contributed by atoms with Gasteiger partial charge in [-0.15, -0.1) is 0 Å². The van der Waals surface area contributed by atoms with E-state index in [2.05, 4.69) is 0 Å². The van der Waals surface area contributed by atoms with E-state index >= 15 is 0 Å². The highest BCUT2D eigenvalue weighted by Crippen LogP contribution is 2.49. The predicted octanol–water partition coefficient (Wildman–Crippen LogP) is 2.79. The Morgan fingerprint density at radius 1 is 1.07 bits per heavy atom. The number of rotatable bonds is 3. The average Bonchev–Trinajstić information content (AvgIpc) is 1.95. The molecular weight excluding hydrogens is 282 g/mol. The van der Waals surface area contributed by atoms with Gasteiger partial charge >= 0.3 is 11.0 Å². The third-order valence-electron chi connectivity index (χ3n) is 1.28. The second kappa shape index (κ2) is 4.09. The lowest BCUT2D eigenvalue weighted by Gasteiger charge is -2.28. The van der Waals surface area contributed by atoms with Crippen molar-refractivity contribution in [2.45, 2.75) is 16.7 Å². The van der Waals surface area contributed by atoms with Crippen LogP contribution >= 0.6 is 15.9 Å². The number of hydrogen-bond donors (Lipinski definition) is 1. The van der Waals surface area contributed by atoms with Gasteiger partial charge in [-0.3, -0.25) is 0 Å². The monoisotopic (exact) mass is 286 g/mol. The van der Waals surface area contributed by atoms with Crippen molar-refractivity contribution >= 4 is 15.9 Å². The molecule has 0 aromatic rings. The Bertz CT molecular complexity index is 203. The highest BCUT2D eigenvalue weighted by molar-refractivity contribution is 9.10. The Labute approximate surface area is 83.5 Å². The van der Waals surface area contributed by atoms with E-state index in [1.54, 1.807) is 0 Å². The summed E-state index contributed by atoms with van der Waals surface area (Å²) in [7, 11) is 0. The van der Waals surface area contributed by atoms with Gasteiger partial charge in [0.2, 0.25) is 0 Å². The molecule has 84 valence electrons. The average molecular weight is 287 g/mol. The Balaban J connectivity index is 5.18. The van der Waals surface area contributed by atoms with E-state index in [0.717, 1.165) is 0 Å². The normalized spacial score (nSPS) is 18.6. The quantitative estimate of drug-likeness (QED) is 0.481. The van der Waals surface area contributed by atoms with Crippen molar-refractivity contribution in [1.82, 2.24) is 0 Å². The summed E-state index contributed by atoms with van der Waals surface area (Å²) in [6.45, 7) is -0.967. The predicted molar refractivity (Wildman–Crippen MR) is 40.0 cm³/mol. The van der Waals surface area contributed by atoms with Crippen LogP contribution in [0.3, 0.4) is 0 Å². The van der Waals surface area contributed by atoms with Crippen LogP contribution in [-0.2, 0) is 0 Å². The molecule has 0 fully saturated rings. The summed E-state index contributed by atoms with van der Waals surface area (Å²) in [4.78, 5) is -4.79. The maximum Gasteiger partial charge on any atom is 0.433 e. The zero-order valence-corrected chi connectivity index (χ0v) is 8.04. The molecule has 1 N–H and O–H groups in total. The van der Waals surface area contributed by atoms with Gasteiger partial charge in [0.25, 0.3) is 5.67 Å². The number of allylic oxidation sites excluding steroid dienone is 1. The highest BCUT2D eigenvalue weighted by atomic mass is 79.9. The van der Waals surface area contributed by atoms with Gasteiger partial charge < -0.3 is 5.11 Å². The van der Waals surface area contributed by atoms with E-state index in [1.165, 1.54) is 15.9 Å². The molecule has 0 bridgehead atoms. The fraction of sp³-hybridized carbons (Fsp3) is 0.667. The second-order valence-corrected chi connectivity index (χ2v) is 3.29. The standard InChI is InChI=1S/C6H5BrF6O/c7-5(9,10)4(8,2-1-3-14)6(11,12)13/h1-2,14H,3H2. The molecule has 0 heterocycles. The Morgan fingerprint density at radius 3 is 1.71 bits per heavy atom. The van der Waals surface area contributed by atoms with Gasteiger partial charge in [-0.25, -0.2) is 4.39 Å². The fourth-order valence-electron chi connectivity index (χ4n) is 0.565. The van der Waals surface area contributed by atoms with Crippen molar-refractivity contribution in [3.8, 4) is 0 Å². The maximum atomic E-state index is 12.9. The van der Waals surface area contributed by atoms with Crippen LogP contribution in [0.1, 0.15) is 0 Å². The van der Waals surface area contributed by atoms with Gasteiger partial charge in [0.15, 0.2) is 0 Å². The molecule has 1 nitrogen and oxygen atoms in total. The third-order valence-corrected chi connectivity index (χ3v) is 1.86. The lowest BCUT2D eigenvalue weighted by molar-refractivity contribution is -0.254. The van der Waals surface area contributed by atoms with E-state index in [4.69, 9.17) is 5.11 Å². The van der Waals surface area contributed by atoms with Crippen molar-refractivity contribution in [2.24, 2.45) is 0 Å². The van der Waals surface area contributed by atoms with Crippen molar-refractivity contribution in [3.05, 3.63) is 12.2 Å². The molecule has 0 amide bonds. The third kappa shape index (κ3) is 2.63. The number of alkyl halides is 7. The largest absolute Gasteiger partial charge is 0.433 e. The number of aliphatic hydroxyl groups is 1. The first kappa shape index (κ1) is 13.8. The van der Waals surface area contributed by atoms with Crippen LogP contribution in [0.25, 0.3) is 0 Å². The molecule has 0 aliphatic rings. The van der Waals surface area contributed by atoms with Crippen molar-refractivity contribution in [2.75, 3.05) is 6.61 Å². The van der Waals surface area contributed by atoms with Crippen molar-refractivity contribution in [1.29, 1.82) is 0 Å². The van der Waals surface area contributed by atoms with Crippen LogP contribution in [0.4, 0.5) is 26.3 Å². The van der Waals surface area contributed by atoms with Crippen LogP contribution in [0.15, 0.2) is 12.2 Å².